The van der Waals surface area contributed by atoms with E-state index in [-0.39, 0.29) is 24.0 Å². The molecule has 1 fully saturated rings. The van der Waals surface area contributed by atoms with E-state index in [2.05, 4.69) is 11.1 Å². The third kappa shape index (κ3) is 4.99. The standard InChI is InChI=1S/C10H18N4O.HI/c1-10(2,7-11)8-13-9(12)14-3-5-15-6-4-14;/h3-6,8H2,1-2H3,(H2,12,13);1H. The van der Waals surface area contributed by atoms with Crippen molar-refractivity contribution in [2.75, 3.05) is 32.8 Å². The number of nitriles is 1. The average molecular weight is 338 g/mol. The molecule has 0 amide bonds. The number of aliphatic imine (C=N–C) groups is 1. The molecular formula is C10H19IN4O. The SMILES string of the molecule is CC(C)(C#N)CN=C(N)N1CCOCC1.I. The van der Waals surface area contributed by atoms with Crippen LogP contribution >= 0.6 is 24.0 Å². The molecule has 0 spiro atoms. The Morgan fingerprint density at radius 2 is 2.06 bits per heavy atom. The first kappa shape index (κ1) is 15.4. The van der Waals surface area contributed by atoms with Crippen LogP contribution in [0.2, 0.25) is 0 Å². The van der Waals surface area contributed by atoms with Gasteiger partial charge in [0.1, 0.15) is 0 Å². The van der Waals surface area contributed by atoms with Crippen molar-refractivity contribution in [2.45, 2.75) is 13.8 Å². The van der Waals surface area contributed by atoms with Gasteiger partial charge in [-0.15, -0.1) is 24.0 Å². The molecule has 0 atom stereocenters. The van der Waals surface area contributed by atoms with Gasteiger partial charge in [-0.05, 0) is 13.8 Å². The minimum Gasteiger partial charge on any atom is -0.378 e. The Morgan fingerprint density at radius 3 is 2.56 bits per heavy atom. The summed E-state index contributed by atoms with van der Waals surface area (Å²) in [4.78, 5) is 6.22. The minimum atomic E-state index is -0.448. The zero-order valence-electron chi connectivity index (χ0n) is 9.77. The van der Waals surface area contributed by atoms with E-state index in [4.69, 9.17) is 15.7 Å². The van der Waals surface area contributed by atoms with E-state index in [0.29, 0.717) is 25.7 Å². The number of halogens is 1. The molecular weight excluding hydrogens is 319 g/mol. The summed E-state index contributed by atoms with van der Waals surface area (Å²) in [5.74, 6) is 0.515. The lowest BCUT2D eigenvalue weighted by molar-refractivity contribution is 0.0673. The lowest BCUT2D eigenvalue weighted by Gasteiger charge is -2.28. The Kier molecular flexibility index (Phi) is 6.67. The second-order valence-electron chi connectivity index (χ2n) is 4.27. The molecule has 2 N–H and O–H groups in total. The summed E-state index contributed by atoms with van der Waals surface area (Å²) >= 11 is 0. The van der Waals surface area contributed by atoms with Crippen LogP contribution < -0.4 is 5.73 Å². The highest BCUT2D eigenvalue weighted by Crippen LogP contribution is 2.13. The molecule has 5 nitrogen and oxygen atoms in total. The van der Waals surface area contributed by atoms with E-state index in [0.717, 1.165) is 13.1 Å². The molecule has 0 unspecified atom stereocenters. The van der Waals surface area contributed by atoms with Crippen LogP contribution in [0.15, 0.2) is 4.99 Å². The van der Waals surface area contributed by atoms with Gasteiger partial charge in [-0.25, -0.2) is 0 Å². The number of rotatable bonds is 2. The molecule has 0 aromatic heterocycles. The number of hydrogen-bond donors (Lipinski definition) is 1. The smallest absolute Gasteiger partial charge is 0.191 e. The minimum absolute atomic E-state index is 0. The van der Waals surface area contributed by atoms with Gasteiger partial charge in [-0.1, -0.05) is 0 Å². The molecule has 92 valence electrons. The number of ether oxygens (including phenoxy) is 1. The van der Waals surface area contributed by atoms with Crippen molar-refractivity contribution < 1.29 is 4.74 Å². The van der Waals surface area contributed by atoms with E-state index < -0.39 is 5.41 Å². The number of nitrogens with zero attached hydrogens (tertiary/aromatic N) is 3. The monoisotopic (exact) mass is 338 g/mol. The summed E-state index contributed by atoms with van der Waals surface area (Å²) in [6.07, 6.45) is 0. The van der Waals surface area contributed by atoms with Gasteiger partial charge in [-0.2, -0.15) is 5.26 Å². The molecule has 0 bridgehead atoms. The van der Waals surface area contributed by atoms with E-state index in [1.807, 2.05) is 18.7 Å². The highest BCUT2D eigenvalue weighted by molar-refractivity contribution is 14.0. The number of morpholine rings is 1. The van der Waals surface area contributed by atoms with Gasteiger partial charge in [-0.3, -0.25) is 4.99 Å². The van der Waals surface area contributed by atoms with Gasteiger partial charge in [0, 0.05) is 13.1 Å². The Morgan fingerprint density at radius 1 is 1.50 bits per heavy atom. The summed E-state index contributed by atoms with van der Waals surface area (Å²) < 4.78 is 5.21. The average Bonchev–Trinajstić information content (AvgIpc) is 2.27. The van der Waals surface area contributed by atoms with Crippen molar-refractivity contribution in [3.8, 4) is 6.07 Å². The molecule has 1 saturated heterocycles. The van der Waals surface area contributed by atoms with E-state index >= 15 is 0 Å². The number of nitrogens with two attached hydrogens (primary N) is 1. The van der Waals surface area contributed by atoms with Gasteiger partial charge in [0.15, 0.2) is 5.96 Å². The molecule has 0 aromatic rings. The maximum atomic E-state index is 8.82. The fraction of sp³-hybridized carbons (Fsp3) is 0.800. The maximum Gasteiger partial charge on any atom is 0.191 e. The molecule has 16 heavy (non-hydrogen) atoms. The molecule has 0 radical (unpaired) electrons. The third-order valence-electron chi connectivity index (χ3n) is 2.27. The summed E-state index contributed by atoms with van der Waals surface area (Å²) in [6.45, 7) is 7.08. The fourth-order valence-electron chi connectivity index (χ4n) is 1.21. The quantitative estimate of drug-likeness (QED) is 0.459. The van der Waals surface area contributed by atoms with Crippen LogP contribution in [0.25, 0.3) is 0 Å². The second kappa shape index (κ2) is 6.91. The van der Waals surface area contributed by atoms with Crippen LogP contribution in [0.1, 0.15) is 13.8 Å². The Hall–Kier alpha value is -0.550. The van der Waals surface area contributed by atoms with Gasteiger partial charge in [0.25, 0.3) is 0 Å². The maximum absolute atomic E-state index is 8.82. The predicted molar refractivity (Wildman–Crippen MR) is 73.7 cm³/mol. The fourth-order valence-corrected chi connectivity index (χ4v) is 1.21. The topological polar surface area (TPSA) is 74.6 Å². The summed E-state index contributed by atoms with van der Waals surface area (Å²) in [7, 11) is 0. The van der Waals surface area contributed by atoms with Crippen molar-refractivity contribution >= 4 is 29.9 Å². The van der Waals surface area contributed by atoms with Crippen LogP contribution in [0, 0.1) is 16.7 Å². The zero-order valence-corrected chi connectivity index (χ0v) is 12.1. The normalized spacial score (nSPS) is 17.6. The van der Waals surface area contributed by atoms with Gasteiger partial charge in [0.2, 0.25) is 0 Å². The summed E-state index contributed by atoms with van der Waals surface area (Å²) in [5.41, 5.74) is 5.37. The number of hydrogen-bond acceptors (Lipinski definition) is 3. The molecule has 0 aromatic carbocycles. The predicted octanol–water partition coefficient (Wildman–Crippen LogP) is 0.801. The van der Waals surface area contributed by atoms with Crippen LogP contribution in [-0.2, 0) is 4.74 Å². The summed E-state index contributed by atoms with van der Waals surface area (Å²) in [6, 6.07) is 2.19. The van der Waals surface area contributed by atoms with E-state index in [9.17, 15) is 0 Å². The van der Waals surface area contributed by atoms with Crippen LogP contribution in [-0.4, -0.2) is 43.7 Å². The van der Waals surface area contributed by atoms with Crippen LogP contribution in [0.4, 0.5) is 0 Å². The molecule has 1 aliphatic rings. The first-order chi connectivity index (χ1) is 7.05. The van der Waals surface area contributed by atoms with Gasteiger partial charge < -0.3 is 15.4 Å². The molecule has 0 aliphatic carbocycles. The van der Waals surface area contributed by atoms with Crippen molar-refractivity contribution in [1.29, 1.82) is 5.26 Å². The molecule has 1 heterocycles. The molecule has 6 heteroatoms. The largest absolute Gasteiger partial charge is 0.378 e. The lowest BCUT2D eigenvalue weighted by Crippen LogP contribution is -2.45. The van der Waals surface area contributed by atoms with Gasteiger partial charge >= 0.3 is 0 Å². The van der Waals surface area contributed by atoms with E-state index in [1.54, 1.807) is 0 Å². The van der Waals surface area contributed by atoms with Crippen molar-refractivity contribution in [2.24, 2.45) is 16.1 Å². The number of guanidine groups is 1. The van der Waals surface area contributed by atoms with E-state index in [1.165, 1.54) is 0 Å². The van der Waals surface area contributed by atoms with Crippen molar-refractivity contribution in [3.05, 3.63) is 0 Å². The zero-order chi connectivity index (χ0) is 11.3. The van der Waals surface area contributed by atoms with Crippen molar-refractivity contribution in [3.63, 3.8) is 0 Å². The lowest BCUT2D eigenvalue weighted by atomic mass is 9.96. The van der Waals surface area contributed by atoms with Crippen LogP contribution in [0.5, 0.6) is 0 Å². The second-order valence-corrected chi connectivity index (χ2v) is 4.27. The first-order valence-electron chi connectivity index (χ1n) is 5.09. The van der Waals surface area contributed by atoms with Crippen LogP contribution in [0.3, 0.4) is 0 Å². The Balaban J connectivity index is 0.00000225. The highest BCUT2D eigenvalue weighted by atomic mass is 127. The first-order valence-corrected chi connectivity index (χ1v) is 5.09. The third-order valence-corrected chi connectivity index (χ3v) is 2.27. The van der Waals surface area contributed by atoms with Gasteiger partial charge in [0.05, 0.1) is 31.2 Å². The highest BCUT2D eigenvalue weighted by Gasteiger charge is 2.17. The Bertz CT molecular complexity index is 279. The molecule has 0 saturated carbocycles. The Labute approximate surface area is 114 Å². The molecule has 1 aliphatic heterocycles. The summed E-state index contributed by atoms with van der Waals surface area (Å²) in [5, 5.41) is 8.82. The molecule has 1 rings (SSSR count). The van der Waals surface area contributed by atoms with Crippen molar-refractivity contribution in [1.82, 2.24) is 4.90 Å².